The third-order valence-electron chi connectivity index (χ3n) is 2.95. The van der Waals surface area contributed by atoms with E-state index in [1.165, 1.54) is 5.56 Å². The fourth-order valence-electron chi connectivity index (χ4n) is 1.98. The molecule has 20 heavy (non-hydrogen) atoms. The number of hydrogen-bond donors (Lipinski definition) is 1. The Hall–Kier alpha value is -1.71. The summed E-state index contributed by atoms with van der Waals surface area (Å²) in [6.07, 6.45) is 0. The number of methoxy groups -OCH3 is 1. The Morgan fingerprint density at radius 1 is 1.10 bits per heavy atom. The SMILES string of the molecule is CNCc1ccc(OC)c(COc2ccccc2Cl)c1. The number of benzene rings is 2. The zero-order chi connectivity index (χ0) is 14.4. The number of halogens is 1. The lowest BCUT2D eigenvalue weighted by Gasteiger charge is -2.13. The summed E-state index contributed by atoms with van der Waals surface area (Å²) in [5.41, 5.74) is 2.19. The van der Waals surface area contributed by atoms with E-state index in [2.05, 4.69) is 11.4 Å². The molecule has 0 heterocycles. The first kappa shape index (κ1) is 14.7. The van der Waals surface area contributed by atoms with E-state index < -0.39 is 0 Å². The van der Waals surface area contributed by atoms with E-state index in [-0.39, 0.29) is 0 Å². The van der Waals surface area contributed by atoms with Crippen LogP contribution in [0.3, 0.4) is 0 Å². The third-order valence-corrected chi connectivity index (χ3v) is 3.26. The molecular formula is C16H18ClNO2. The fourth-order valence-corrected chi connectivity index (χ4v) is 2.17. The normalized spacial score (nSPS) is 10.3. The molecule has 0 bridgehead atoms. The first-order chi connectivity index (χ1) is 9.74. The van der Waals surface area contributed by atoms with Crippen LogP contribution in [0.5, 0.6) is 11.5 Å². The second-order valence-electron chi connectivity index (χ2n) is 4.40. The van der Waals surface area contributed by atoms with Gasteiger partial charge in [-0.15, -0.1) is 0 Å². The first-order valence-electron chi connectivity index (χ1n) is 6.42. The molecule has 4 heteroatoms. The van der Waals surface area contributed by atoms with Crippen molar-refractivity contribution in [2.24, 2.45) is 0 Å². The summed E-state index contributed by atoms with van der Waals surface area (Å²) in [5, 5.41) is 3.74. The zero-order valence-corrected chi connectivity index (χ0v) is 12.4. The molecule has 0 atom stereocenters. The minimum Gasteiger partial charge on any atom is -0.496 e. The smallest absolute Gasteiger partial charge is 0.138 e. The molecule has 2 aromatic rings. The second kappa shape index (κ2) is 7.17. The number of para-hydroxylation sites is 1. The molecule has 1 N–H and O–H groups in total. The van der Waals surface area contributed by atoms with E-state index in [1.54, 1.807) is 7.11 Å². The van der Waals surface area contributed by atoms with Crippen LogP contribution in [0.25, 0.3) is 0 Å². The van der Waals surface area contributed by atoms with Gasteiger partial charge in [0.1, 0.15) is 18.1 Å². The molecule has 0 unspecified atom stereocenters. The van der Waals surface area contributed by atoms with Gasteiger partial charge in [0.2, 0.25) is 0 Å². The second-order valence-corrected chi connectivity index (χ2v) is 4.80. The lowest BCUT2D eigenvalue weighted by molar-refractivity contribution is 0.296. The lowest BCUT2D eigenvalue weighted by atomic mass is 10.1. The molecule has 0 saturated heterocycles. The van der Waals surface area contributed by atoms with E-state index in [4.69, 9.17) is 21.1 Å². The molecule has 2 rings (SSSR count). The molecule has 0 spiro atoms. The van der Waals surface area contributed by atoms with Gasteiger partial charge in [0, 0.05) is 12.1 Å². The molecule has 0 radical (unpaired) electrons. The zero-order valence-electron chi connectivity index (χ0n) is 11.7. The van der Waals surface area contributed by atoms with Crippen molar-refractivity contribution in [1.82, 2.24) is 5.32 Å². The highest BCUT2D eigenvalue weighted by molar-refractivity contribution is 6.32. The van der Waals surface area contributed by atoms with E-state index in [9.17, 15) is 0 Å². The van der Waals surface area contributed by atoms with Crippen LogP contribution >= 0.6 is 11.6 Å². The van der Waals surface area contributed by atoms with Gasteiger partial charge in [-0.05, 0) is 36.9 Å². The molecule has 106 valence electrons. The highest BCUT2D eigenvalue weighted by Gasteiger charge is 2.07. The first-order valence-corrected chi connectivity index (χ1v) is 6.80. The molecule has 3 nitrogen and oxygen atoms in total. The summed E-state index contributed by atoms with van der Waals surface area (Å²) in [6, 6.07) is 13.5. The summed E-state index contributed by atoms with van der Waals surface area (Å²) >= 11 is 6.08. The average Bonchev–Trinajstić information content (AvgIpc) is 2.47. The number of nitrogens with one attached hydrogen (secondary N) is 1. The Balaban J connectivity index is 2.15. The van der Waals surface area contributed by atoms with Crippen LogP contribution in [-0.2, 0) is 13.2 Å². The summed E-state index contributed by atoms with van der Waals surface area (Å²) in [6.45, 7) is 1.23. The van der Waals surface area contributed by atoms with Crippen LogP contribution in [0.2, 0.25) is 5.02 Å². The third kappa shape index (κ3) is 3.65. The van der Waals surface area contributed by atoms with Gasteiger partial charge in [-0.3, -0.25) is 0 Å². The Bertz CT molecular complexity index is 572. The van der Waals surface area contributed by atoms with E-state index >= 15 is 0 Å². The highest BCUT2D eigenvalue weighted by Crippen LogP contribution is 2.26. The van der Waals surface area contributed by atoms with Crippen molar-refractivity contribution in [3.63, 3.8) is 0 Å². The highest BCUT2D eigenvalue weighted by atomic mass is 35.5. The standard InChI is InChI=1S/C16H18ClNO2/c1-18-10-12-7-8-15(19-2)13(9-12)11-20-16-6-4-3-5-14(16)17/h3-9,18H,10-11H2,1-2H3. The van der Waals surface area contributed by atoms with Crippen LogP contribution in [0.4, 0.5) is 0 Å². The van der Waals surface area contributed by atoms with E-state index in [0.717, 1.165) is 17.9 Å². The maximum atomic E-state index is 6.08. The van der Waals surface area contributed by atoms with Gasteiger partial charge in [0.15, 0.2) is 0 Å². The van der Waals surface area contributed by atoms with Crippen LogP contribution < -0.4 is 14.8 Å². The molecule has 0 fully saturated rings. The number of rotatable bonds is 6. The van der Waals surface area contributed by atoms with Gasteiger partial charge in [0.05, 0.1) is 12.1 Å². The quantitative estimate of drug-likeness (QED) is 0.881. The maximum absolute atomic E-state index is 6.08. The summed E-state index contributed by atoms with van der Waals surface area (Å²) < 4.78 is 11.1. The van der Waals surface area contributed by atoms with Crippen molar-refractivity contribution in [2.45, 2.75) is 13.2 Å². The molecular weight excluding hydrogens is 274 g/mol. The monoisotopic (exact) mass is 291 g/mol. The minimum absolute atomic E-state index is 0.421. The molecule has 0 amide bonds. The molecule has 0 saturated carbocycles. The predicted octanol–water partition coefficient (Wildman–Crippen LogP) is 3.65. The van der Waals surface area contributed by atoms with E-state index in [0.29, 0.717) is 17.4 Å². The largest absolute Gasteiger partial charge is 0.496 e. The maximum Gasteiger partial charge on any atom is 0.138 e. The van der Waals surface area contributed by atoms with Gasteiger partial charge < -0.3 is 14.8 Å². The van der Waals surface area contributed by atoms with Crippen molar-refractivity contribution in [2.75, 3.05) is 14.2 Å². The van der Waals surface area contributed by atoms with Crippen molar-refractivity contribution >= 4 is 11.6 Å². The Kier molecular flexibility index (Phi) is 5.27. The predicted molar refractivity (Wildman–Crippen MR) is 81.5 cm³/mol. The Labute approximate surface area is 124 Å². The van der Waals surface area contributed by atoms with Crippen LogP contribution in [0.1, 0.15) is 11.1 Å². The minimum atomic E-state index is 0.421. The molecule has 0 aliphatic rings. The van der Waals surface area contributed by atoms with Crippen LogP contribution in [-0.4, -0.2) is 14.2 Å². The van der Waals surface area contributed by atoms with Gasteiger partial charge in [-0.2, -0.15) is 0 Å². The van der Waals surface area contributed by atoms with E-state index in [1.807, 2.05) is 43.4 Å². The topological polar surface area (TPSA) is 30.5 Å². The van der Waals surface area contributed by atoms with Crippen molar-refractivity contribution in [3.05, 3.63) is 58.6 Å². The van der Waals surface area contributed by atoms with Crippen LogP contribution in [0, 0.1) is 0 Å². The molecule has 0 aliphatic carbocycles. The average molecular weight is 292 g/mol. The van der Waals surface area contributed by atoms with Crippen molar-refractivity contribution in [1.29, 1.82) is 0 Å². The van der Waals surface area contributed by atoms with Crippen molar-refractivity contribution in [3.8, 4) is 11.5 Å². The van der Waals surface area contributed by atoms with Crippen LogP contribution in [0.15, 0.2) is 42.5 Å². The van der Waals surface area contributed by atoms with Gasteiger partial charge in [0.25, 0.3) is 0 Å². The fraction of sp³-hybridized carbons (Fsp3) is 0.250. The van der Waals surface area contributed by atoms with Gasteiger partial charge in [-0.25, -0.2) is 0 Å². The Morgan fingerprint density at radius 2 is 1.90 bits per heavy atom. The lowest BCUT2D eigenvalue weighted by Crippen LogP contribution is -2.06. The number of hydrogen-bond acceptors (Lipinski definition) is 3. The Morgan fingerprint density at radius 3 is 2.60 bits per heavy atom. The summed E-state index contributed by atoms with van der Waals surface area (Å²) in [7, 11) is 3.58. The molecule has 2 aromatic carbocycles. The summed E-state index contributed by atoms with van der Waals surface area (Å²) in [5.74, 6) is 1.49. The molecule has 0 aromatic heterocycles. The van der Waals surface area contributed by atoms with Gasteiger partial charge in [-0.1, -0.05) is 29.8 Å². The van der Waals surface area contributed by atoms with Crippen molar-refractivity contribution < 1.29 is 9.47 Å². The van der Waals surface area contributed by atoms with Gasteiger partial charge >= 0.3 is 0 Å². The molecule has 0 aliphatic heterocycles. The summed E-state index contributed by atoms with van der Waals surface area (Å²) in [4.78, 5) is 0. The number of ether oxygens (including phenoxy) is 2.